The Morgan fingerprint density at radius 1 is 1.35 bits per heavy atom. The van der Waals surface area contributed by atoms with E-state index in [2.05, 4.69) is 5.32 Å². The van der Waals surface area contributed by atoms with Crippen LogP contribution in [0.15, 0.2) is 18.2 Å². The smallest absolute Gasteiger partial charge is 0.325 e. The lowest BCUT2D eigenvalue weighted by molar-refractivity contribution is -0.126. The van der Waals surface area contributed by atoms with Gasteiger partial charge < -0.3 is 15.5 Å². The zero-order valence-corrected chi connectivity index (χ0v) is 13.3. The Morgan fingerprint density at radius 2 is 2.09 bits per heavy atom. The summed E-state index contributed by atoms with van der Waals surface area (Å²) in [5.41, 5.74) is 7.40. The summed E-state index contributed by atoms with van der Waals surface area (Å²) in [5.74, 6) is -0.604. The van der Waals surface area contributed by atoms with E-state index >= 15 is 0 Å². The largest absolute Gasteiger partial charge is 0.398 e. The van der Waals surface area contributed by atoms with Gasteiger partial charge in [-0.25, -0.2) is 4.79 Å². The highest BCUT2D eigenvalue weighted by atomic mass is 16.2. The molecule has 0 aromatic heterocycles. The third-order valence-electron chi connectivity index (χ3n) is 4.58. The molecule has 0 saturated carbocycles. The van der Waals surface area contributed by atoms with Crippen LogP contribution in [0.25, 0.3) is 0 Å². The van der Waals surface area contributed by atoms with E-state index in [0.717, 1.165) is 24.1 Å². The van der Waals surface area contributed by atoms with Crippen LogP contribution in [-0.2, 0) is 16.0 Å². The summed E-state index contributed by atoms with van der Waals surface area (Å²) in [6, 6.07) is 4.97. The zero-order valence-electron chi connectivity index (χ0n) is 13.3. The van der Waals surface area contributed by atoms with Crippen LogP contribution in [0, 0.1) is 0 Å². The van der Waals surface area contributed by atoms with E-state index in [1.807, 2.05) is 18.2 Å². The van der Waals surface area contributed by atoms with Crippen molar-refractivity contribution in [2.24, 2.45) is 0 Å². The van der Waals surface area contributed by atoms with E-state index in [0.29, 0.717) is 12.2 Å². The molecule has 1 aromatic carbocycles. The first kappa shape index (κ1) is 15.3. The molecule has 1 saturated heterocycles. The van der Waals surface area contributed by atoms with E-state index < -0.39 is 17.5 Å². The summed E-state index contributed by atoms with van der Waals surface area (Å²) >= 11 is 0. The third-order valence-corrected chi connectivity index (χ3v) is 4.58. The fourth-order valence-electron chi connectivity index (χ4n) is 3.09. The average Bonchev–Trinajstić information content (AvgIpc) is 2.69. The molecule has 23 heavy (non-hydrogen) atoms. The molecule has 0 bridgehead atoms. The lowest BCUT2D eigenvalue weighted by atomic mass is 9.99. The summed E-state index contributed by atoms with van der Waals surface area (Å²) in [7, 11) is 0. The standard InChI is InChI=1S/C16H20N4O3/c1-16(2)14(22)18-15(23)20(16)9-13(21)19-8-4-5-10-11(17)6-3-7-12(10)19/h3,6-7H,4-5,8-9,17H2,1-2H3,(H,18,22,23). The van der Waals surface area contributed by atoms with Crippen LogP contribution in [0.2, 0.25) is 0 Å². The SMILES string of the molecule is CC1(C)C(=O)NC(=O)N1CC(=O)N1CCCc2c(N)cccc21. The van der Waals surface area contributed by atoms with Crippen molar-refractivity contribution >= 4 is 29.2 Å². The van der Waals surface area contributed by atoms with Crippen molar-refractivity contribution in [2.45, 2.75) is 32.2 Å². The number of hydrogen-bond donors (Lipinski definition) is 2. The van der Waals surface area contributed by atoms with Gasteiger partial charge in [-0.05, 0) is 44.4 Å². The highest BCUT2D eigenvalue weighted by Crippen LogP contribution is 2.32. The number of carbonyl (C=O) groups is 3. The van der Waals surface area contributed by atoms with E-state index in [-0.39, 0.29) is 12.5 Å². The number of carbonyl (C=O) groups excluding carboxylic acids is 3. The monoisotopic (exact) mass is 316 g/mol. The van der Waals surface area contributed by atoms with Crippen molar-refractivity contribution in [3.63, 3.8) is 0 Å². The third kappa shape index (κ3) is 2.42. The van der Waals surface area contributed by atoms with E-state index in [1.165, 1.54) is 4.90 Å². The van der Waals surface area contributed by atoms with E-state index in [1.54, 1.807) is 18.7 Å². The molecule has 7 nitrogen and oxygen atoms in total. The van der Waals surface area contributed by atoms with E-state index in [9.17, 15) is 14.4 Å². The molecular formula is C16H20N4O3. The normalized spacial score (nSPS) is 19.6. The second kappa shape index (κ2) is 5.26. The highest BCUT2D eigenvalue weighted by molar-refractivity contribution is 6.08. The zero-order chi connectivity index (χ0) is 16.8. The van der Waals surface area contributed by atoms with Crippen molar-refractivity contribution in [1.82, 2.24) is 10.2 Å². The van der Waals surface area contributed by atoms with Crippen molar-refractivity contribution in [3.8, 4) is 0 Å². The predicted octanol–water partition coefficient (Wildman–Crippen LogP) is 0.878. The maximum atomic E-state index is 12.7. The van der Waals surface area contributed by atoms with Gasteiger partial charge in [-0.2, -0.15) is 0 Å². The molecule has 0 spiro atoms. The Balaban J connectivity index is 1.85. The van der Waals surface area contributed by atoms with Gasteiger partial charge in [0.05, 0.1) is 0 Å². The van der Waals surface area contributed by atoms with Crippen molar-refractivity contribution in [3.05, 3.63) is 23.8 Å². The summed E-state index contributed by atoms with van der Waals surface area (Å²) in [6.45, 7) is 3.70. The first-order valence-electron chi connectivity index (χ1n) is 7.63. The molecule has 1 fully saturated rings. The number of nitrogen functional groups attached to an aromatic ring is 1. The molecule has 2 heterocycles. The van der Waals surface area contributed by atoms with E-state index in [4.69, 9.17) is 5.73 Å². The number of urea groups is 1. The number of hydrogen-bond acceptors (Lipinski definition) is 4. The van der Waals surface area contributed by atoms with Gasteiger partial charge >= 0.3 is 6.03 Å². The Kier molecular flexibility index (Phi) is 3.50. The van der Waals surface area contributed by atoms with Gasteiger partial charge in [0.25, 0.3) is 5.91 Å². The summed E-state index contributed by atoms with van der Waals surface area (Å²) in [4.78, 5) is 39.4. The number of benzene rings is 1. The van der Waals surface area contributed by atoms with Crippen LogP contribution in [0.3, 0.4) is 0 Å². The first-order valence-corrected chi connectivity index (χ1v) is 7.63. The second-order valence-corrected chi connectivity index (χ2v) is 6.40. The quantitative estimate of drug-likeness (QED) is 0.625. The molecule has 2 aliphatic rings. The molecule has 0 unspecified atom stereocenters. The molecule has 2 aliphatic heterocycles. The minimum atomic E-state index is -1.03. The molecule has 0 atom stereocenters. The van der Waals surface area contributed by atoms with Gasteiger partial charge in [-0.1, -0.05) is 6.07 Å². The number of anilines is 2. The van der Waals surface area contributed by atoms with Crippen LogP contribution in [0.1, 0.15) is 25.8 Å². The summed E-state index contributed by atoms with van der Waals surface area (Å²) < 4.78 is 0. The predicted molar refractivity (Wildman–Crippen MR) is 85.9 cm³/mol. The van der Waals surface area contributed by atoms with Gasteiger partial charge in [0.1, 0.15) is 12.1 Å². The molecule has 122 valence electrons. The number of fused-ring (bicyclic) bond motifs is 1. The molecule has 0 aliphatic carbocycles. The maximum Gasteiger partial charge on any atom is 0.325 e. The molecule has 1 aromatic rings. The fraction of sp³-hybridized carbons (Fsp3) is 0.438. The Bertz CT molecular complexity index is 699. The van der Waals surface area contributed by atoms with Gasteiger partial charge in [0.2, 0.25) is 5.91 Å². The van der Waals surface area contributed by atoms with Crippen molar-refractivity contribution < 1.29 is 14.4 Å². The van der Waals surface area contributed by atoms with Crippen molar-refractivity contribution in [2.75, 3.05) is 23.7 Å². The Labute approximate surface area is 134 Å². The van der Waals surface area contributed by atoms with Gasteiger partial charge in [0, 0.05) is 17.9 Å². The van der Waals surface area contributed by atoms with Gasteiger partial charge in [0.15, 0.2) is 0 Å². The molecule has 3 N–H and O–H groups in total. The van der Waals surface area contributed by atoms with Crippen LogP contribution in [0.4, 0.5) is 16.2 Å². The lowest BCUT2D eigenvalue weighted by Crippen LogP contribution is -2.50. The summed E-state index contributed by atoms with van der Waals surface area (Å²) in [5, 5.41) is 2.25. The Hall–Kier alpha value is -2.57. The molecule has 3 rings (SSSR count). The second-order valence-electron chi connectivity index (χ2n) is 6.40. The lowest BCUT2D eigenvalue weighted by Gasteiger charge is -2.33. The fourth-order valence-corrected chi connectivity index (χ4v) is 3.09. The Morgan fingerprint density at radius 3 is 2.74 bits per heavy atom. The molecule has 4 amide bonds. The van der Waals surface area contributed by atoms with Crippen LogP contribution < -0.4 is 16.0 Å². The molecular weight excluding hydrogens is 296 g/mol. The van der Waals surface area contributed by atoms with Crippen LogP contribution in [-0.4, -0.2) is 41.4 Å². The number of nitrogens with two attached hydrogens (primary N) is 1. The number of imide groups is 1. The number of nitrogens with zero attached hydrogens (tertiary/aromatic N) is 2. The van der Waals surface area contributed by atoms with Crippen LogP contribution >= 0.6 is 0 Å². The first-order chi connectivity index (χ1) is 10.8. The average molecular weight is 316 g/mol. The molecule has 7 heteroatoms. The minimum absolute atomic E-state index is 0.140. The summed E-state index contributed by atoms with van der Waals surface area (Å²) in [6.07, 6.45) is 1.65. The minimum Gasteiger partial charge on any atom is -0.398 e. The topological polar surface area (TPSA) is 95.7 Å². The van der Waals surface area contributed by atoms with Gasteiger partial charge in [-0.15, -0.1) is 0 Å². The number of rotatable bonds is 2. The number of amides is 4. The maximum absolute atomic E-state index is 12.7. The van der Waals surface area contributed by atoms with Crippen molar-refractivity contribution in [1.29, 1.82) is 0 Å². The number of nitrogens with one attached hydrogen (secondary N) is 1. The highest BCUT2D eigenvalue weighted by Gasteiger charge is 2.46. The molecule has 0 radical (unpaired) electrons. The van der Waals surface area contributed by atoms with Gasteiger partial charge in [-0.3, -0.25) is 14.9 Å². The van der Waals surface area contributed by atoms with Crippen LogP contribution in [0.5, 0.6) is 0 Å².